The number of hydroxylamine groups is 1. The third-order valence-corrected chi connectivity index (χ3v) is 8.68. The minimum absolute atomic E-state index is 0.128. The molecule has 180 valence electrons. The maximum absolute atomic E-state index is 12.9. The van der Waals surface area contributed by atoms with Crippen molar-refractivity contribution in [1.29, 1.82) is 0 Å². The average molecular weight is 456 g/mol. The fraction of sp³-hybridized carbons (Fsp3) is 0.917. The van der Waals surface area contributed by atoms with Crippen LogP contribution in [0, 0.1) is 21.7 Å². The minimum Gasteiger partial charge on any atom is -0.334 e. The van der Waals surface area contributed by atoms with Gasteiger partial charge in [0, 0.05) is 13.0 Å². The molecule has 5 fully saturated rings. The van der Waals surface area contributed by atoms with Crippen LogP contribution < -0.4 is 0 Å². The van der Waals surface area contributed by atoms with Crippen molar-refractivity contribution >= 4 is 11.8 Å². The summed E-state index contributed by atoms with van der Waals surface area (Å²) in [5, 5.41) is 5.52. The van der Waals surface area contributed by atoms with E-state index in [4.69, 9.17) is 4.84 Å². The Bertz CT molecular complexity index is 772. The third-order valence-electron chi connectivity index (χ3n) is 8.68. The van der Waals surface area contributed by atoms with Crippen LogP contribution in [0.4, 0.5) is 13.2 Å². The van der Waals surface area contributed by atoms with Gasteiger partial charge in [-0.3, -0.25) is 0 Å². The van der Waals surface area contributed by atoms with Crippen LogP contribution in [0.5, 0.6) is 0 Å². The van der Waals surface area contributed by atoms with Gasteiger partial charge in [0.1, 0.15) is 5.84 Å². The van der Waals surface area contributed by atoms with Crippen molar-refractivity contribution in [1.82, 2.24) is 10.1 Å². The minimum atomic E-state index is -5.03. The summed E-state index contributed by atoms with van der Waals surface area (Å²) in [7, 11) is 0. The molecule has 32 heavy (non-hydrogen) atoms. The Morgan fingerprint density at radius 3 is 2.09 bits per heavy atom. The summed E-state index contributed by atoms with van der Waals surface area (Å²) in [5.74, 6) is -1.36. The smallest absolute Gasteiger partial charge is 0.334 e. The van der Waals surface area contributed by atoms with Crippen molar-refractivity contribution in [3.05, 3.63) is 0 Å². The van der Waals surface area contributed by atoms with Crippen molar-refractivity contribution in [2.24, 2.45) is 26.8 Å². The number of carbonyl (C=O) groups is 1. The average Bonchev–Trinajstić information content (AvgIpc) is 2.83. The van der Waals surface area contributed by atoms with E-state index in [1.165, 1.54) is 19.3 Å². The summed E-state index contributed by atoms with van der Waals surface area (Å²) in [6.07, 6.45) is 7.28. The topological polar surface area (TPSA) is 45.1 Å². The number of nitrogens with zero attached hydrogens (tertiary/aromatic N) is 3. The van der Waals surface area contributed by atoms with E-state index in [1.807, 2.05) is 0 Å². The van der Waals surface area contributed by atoms with E-state index in [-0.39, 0.29) is 5.41 Å². The number of hydrogen-bond donors (Lipinski definition) is 0. The Morgan fingerprint density at radius 2 is 1.53 bits per heavy atom. The summed E-state index contributed by atoms with van der Waals surface area (Å²) in [4.78, 5) is 18.6. The summed E-state index contributed by atoms with van der Waals surface area (Å²) in [6, 6.07) is 0. The van der Waals surface area contributed by atoms with Gasteiger partial charge in [0.25, 0.3) is 0 Å². The van der Waals surface area contributed by atoms with E-state index in [0.717, 1.165) is 68.9 Å². The van der Waals surface area contributed by atoms with Gasteiger partial charge in [0.15, 0.2) is 6.17 Å². The van der Waals surface area contributed by atoms with E-state index in [9.17, 15) is 18.0 Å². The highest BCUT2D eigenvalue weighted by Gasteiger charge is 2.64. The molecule has 0 aromatic carbocycles. The maximum Gasteiger partial charge on any atom is 0.493 e. The standard InChI is InChI=1S/C24H36F3N3O2/c1-20-11-21(2)13-22(3,12-20)16-23(14-20,15-21)10-17-28-30(32-19(31)24(25,26)27)18-8-6-4-5-7-9-29(17)18/h18H,4-16H2,1-3H3. The molecule has 1 atom stereocenters. The van der Waals surface area contributed by atoms with Crippen molar-refractivity contribution in [3.63, 3.8) is 0 Å². The van der Waals surface area contributed by atoms with Crippen LogP contribution in [0.2, 0.25) is 0 Å². The fourth-order valence-electron chi connectivity index (χ4n) is 9.47. The molecule has 4 saturated carbocycles. The summed E-state index contributed by atoms with van der Waals surface area (Å²) in [6.45, 7) is 8.05. The first-order valence-corrected chi connectivity index (χ1v) is 12.2. The first kappa shape index (κ1) is 22.3. The lowest BCUT2D eigenvalue weighted by molar-refractivity contribution is -0.250. The van der Waals surface area contributed by atoms with Crippen LogP contribution in [0.15, 0.2) is 5.10 Å². The second-order valence-corrected chi connectivity index (χ2v) is 12.7. The van der Waals surface area contributed by atoms with E-state index in [1.54, 1.807) is 0 Å². The molecule has 0 aromatic heterocycles. The molecule has 0 aromatic rings. The molecule has 4 aliphatic carbocycles. The number of rotatable bonds is 3. The molecule has 0 spiro atoms. The Morgan fingerprint density at radius 1 is 0.969 bits per heavy atom. The monoisotopic (exact) mass is 455 g/mol. The lowest BCUT2D eigenvalue weighted by Gasteiger charge is -2.69. The second kappa shape index (κ2) is 7.02. The normalized spacial score (nSPS) is 43.6. The summed E-state index contributed by atoms with van der Waals surface area (Å²) < 4.78 is 38.8. The van der Waals surface area contributed by atoms with E-state index in [0.29, 0.717) is 22.7 Å². The van der Waals surface area contributed by atoms with Crippen molar-refractivity contribution in [2.75, 3.05) is 6.54 Å². The molecule has 2 heterocycles. The van der Waals surface area contributed by atoms with Crippen molar-refractivity contribution < 1.29 is 22.8 Å². The van der Waals surface area contributed by atoms with Crippen LogP contribution in [0.25, 0.3) is 0 Å². The first-order chi connectivity index (χ1) is 14.8. The van der Waals surface area contributed by atoms with E-state index in [2.05, 4.69) is 30.8 Å². The molecule has 0 radical (unpaired) electrons. The number of alkyl halides is 3. The lowest BCUT2D eigenvalue weighted by atomic mass is 9.36. The molecule has 4 bridgehead atoms. The van der Waals surface area contributed by atoms with Crippen LogP contribution in [0.3, 0.4) is 0 Å². The summed E-state index contributed by atoms with van der Waals surface area (Å²) in [5.41, 5.74) is 1.11. The molecule has 1 unspecified atom stereocenters. The van der Waals surface area contributed by atoms with Gasteiger partial charge in [-0.25, -0.2) is 4.79 Å². The number of fused-ring (bicyclic) bond motifs is 1. The van der Waals surface area contributed by atoms with Gasteiger partial charge in [0.05, 0.1) is 0 Å². The second-order valence-electron chi connectivity index (χ2n) is 12.7. The van der Waals surface area contributed by atoms with Gasteiger partial charge in [-0.05, 0) is 79.4 Å². The maximum atomic E-state index is 12.9. The summed E-state index contributed by atoms with van der Waals surface area (Å²) >= 11 is 0. The molecule has 5 nitrogen and oxygen atoms in total. The van der Waals surface area contributed by atoms with Crippen LogP contribution in [-0.2, 0) is 9.63 Å². The number of hydrogen-bond acceptors (Lipinski definition) is 5. The van der Waals surface area contributed by atoms with Gasteiger partial charge in [-0.15, -0.1) is 5.10 Å². The third kappa shape index (κ3) is 3.89. The zero-order valence-corrected chi connectivity index (χ0v) is 19.6. The first-order valence-electron chi connectivity index (χ1n) is 12.2. The molecular formula is C24H36F3N3O2. The largest absolute Gasteiger partial charge is 0.493 e. The van der Waals surface area contributed by atoms with Gasteiger partial charge in [-0.2, -0.15) is 13.2 Å². The predicted molar refractivity (Wildman–Crippen MR) is 114 cm³/mol. The lowest BCUT2D eigenvalue weighted by Crippen LogP contribution is -2.59. The van der Waals surface area contributed by atoms with Crippen molar-refractivity contribution in [3.8, 4) is 0 Å². The molecule has 6 rings (SSSR count). The molecular weight excluding hydrogens is 419 g/mol. The molecule has 2 aliphatic heterocycles. The molecule has 0 N–H and O–H groups in total. The van der Waals surface area contributed by atoms with Crippen LogP contribution >= 0.6 is 0 Å². The predicted octanol–water partition coefficient (Wildman–Crippen LogP) is 6.01. The number of amidine groups is 1. The number of carbonyl (C=O) groups excluding carboxylic acids is 1. The van der Waals surface area contributed by atoms with E-state index < -0.39 is 18.3 Å². The number of hydrazone groups is 1. The zero-order valence-electron chi connectivity index (χ0n) is 19.6. The molecule has 0 amide bonds. The van der Waals surface area contributed by atoms with Gasteiger partial charge < -0.3 is 9.74 Å². The Labute approximate surface area is 188 Å². The molecule has 6 aliphatic rings. The highest BCUT2D eigenvalue weighted by atomic mass is 19.4. The Kier molecular flexibility index (Phi) is 4.90. The highest BCUT2D eigenvalue weighted by Crippen LogP contribution is 2.74. The van der Waals surface area contributed by atoms with Gasteiger partial charge >= 0.3 is 12.1 Å². The quantitative estimate of drug-likeness (QED) is 0.523. The van der Waals surface area contributed by atoms with Crippen molar-refractivity contribution in [2.45, 2.75) is 110 Å². The SMILES string of the molecule is CC12CC3(C)CC(C)(C1)CC(CC1=NN(OC(=O)C(F)(F)F)C4CCCCCCN14)(C2)C3. The highest BCUT2D eigenvalue weighted by molar-refractivity contribution is 5.84. The Hall–Kier alpha value is -1.47. The zero-order chi connectivity index (χ0) is 23.0. The van der Waals surface area contributed by atoms with Gasteiger partial charge in [0.2, 0.25) is 0 Å². The Balaban J connectivity index is 1.43. The van der Waals surface area contributed by atoms with Crippen LogP contribution in [-0.4, -0.2) is 40.8 Å². The molecule has 1 saturated heterocycles. The van der Waals surface area contributed by atoms with Gasteiger partial charge in [-0.1, -0.05) is 38.8 Å². The fourth-order valence-corrected chi connectivity index (χ4v) is 9.47. The van der Waals surface area contributed by atoms with Crippen LogP contribution in [0.1, 0.15) is 97.8 Å². The van der Waals surface area contributed by atoms with E-state index >= 15 is 0 Å². The number of halogens is 3. The molecule has 8 heteroatoms.